The van der Waals surface area contributed by atoms with Gasteiger partial charge < -0.3 is 0 Å². The molecule has 0 spiro atoms. The molecule has 0 saturated carbocycles. The summed E-state index contributed by atoms with van der Waals surface area (Å²) in [6.07, 6.45) is 0. The van der Waals surface area contributed by atoms with Gasteiger partial charge in [0.25, 0.3) is 0 Å². The van der Waals surface area contributed by atoms with Gasteiger partial charge in [0.1, 0.15) is 16.1 Å². The topological polar surface area (TPSA) is 25.8 Å². The first-order valence-electron chi connectivity index (χ1n) is 4.32. The fourth-order valence-electron chi connectivity index (χ4n) is 1.21. The maximum atomic E-state index is 13.2. The van der Waals surface area contributed by atoms with E-state index in [4.69, 9.17) is 23.2 Å². The number of hydrogen-bond donors (Lipinski definition) is 0. The molecule has 0 N–H and O–H groups in total. The van der Waals surface area contributed by atoms with Crippen LogP contribution in [-0.2, 0) is 0 Å². The van der Waals surface area contributed by atoms with Crippen LogP contribution in [0.1, 0.15) is 0 Å². The van der Waals surface area contributed by atoms with Crippen molar-refractivity contribution in [2.75, 3.05) is 0 Å². The molecule has 0 amide bonds. The SMILES string of the molecule is Fc1cc(Br)cc(-c2nc(Cl)c(I)c(Cl)n2)c1. The Morgan fingerprint density at radius 3 is 2.24 bits per heavy atom. The summed E-state index contributed by atoms with van der Waals surface area (Å²) in [6, 6.07) is 4.36. The van der Waals surface area contributed by atoms with Gasteiger partial charge in [0.2, 0.25) is 0 Å². The number of benzene rings is 1. The predicted molar refractivity (Wildman–Crippen MR) is 77.9 cm³/mol. The summed E-state index contributed by atoms with van der Waals surface area (Å²) in [4.78, 5) is 8.12. The van der Waals surface area contributed by atoms with Gasteiger partial charge in [-0.15, -0.1) is 0 Å². The summed E-state index contributed by atoms with van der Waals surface area (Å²) in [5.74, 6) is -0.0932. The molecule has 1 aromatic heterocycles. The highest BCUT2D eigenvalue weighted by atomic mass is 127. The average Bonchev–Trinajstić information content (AvgIpc) is 2.23. The molecular formula is C10H3BrCl2FIN2. The van der Waals surface area contributed by atoms with Crippen LogP contribution >= 0.6 is 61.7 Å². The van der Waals surface area contributed by atoms with Crippen molar-refractivity contribution < 1.29 is 4.39 Å². The first-order chi connectivity index (χ1) is 7.97. The average molecular weight is 448 g/mol. The molecule has 17 heavy (non-hydrogen) atoms. The Morgan fingerprint density at radius 1 is 1.12 bits per heavy atom. The monoisotopic (exact) mass is 446 g/mol. The molecular weight excluding hydrogens is 445 g/mol. The van der Waals surface area contributed by atoms with Gasteiger partial charge in [-0.1, -0.05) is 39.1 Å². The maximum absolute atomic E-state index is 13.2. The molecule has 1 aromatic carbocycles. The van der Waals surface area contributed by atoms with Crippen molar-refractivity contribution in [1.82, 2.24) is 9.97 Å². The van der Waals surface area contributed by atoms with Crippen LogP contribution in [0.15, 0.2) is 22.7 Å². The largest absolute Gasteiger partial charge is 0.215 e. The second-order valence-electron chi connectivity index (χ2n) is 3.10. The van der Waals surface area contributed by atoms with Crippen LogP contribution in [0.25, 0.3) is 11.4 Å². The van der Waals surface area contributed by atoms with Crippen molar-refractivity contribution in [2.45, 2.75) is 0 Å². The third-order valence-corrected chi connectivity index (χ3v) is 4.56. The van der Waals surface area contributed by atoms with Crippen molar-refractivity contribution in [1.29, 1.82) is 0 Å². The molecule has 7 heteroatoms. The van der Waals surface area contributed by atoms with Crippen LogP contribution in [0.4, 0.5) is 4.39 Å². The van der Waals surface area contributed by atoms with Gasteiger partial charge in [0.15, 0.2) is 5.82 Å². The smallest absolute Gasteiger partial charge is 0.162 e. The number of hydrogen-bond acceptors (Lipinski definition) is 2. The van der Waals surface area contributed by atoms with E-state index in [0.29, 0.717) is 19.4 Å². The van der Waals surface area contributed by atoms with E-state index >= 15 is 0 Å². The summed E-state index contributed by atoms with van der Waals surface area (Å²) in [6.45, 7) is 0. The molecule has 0 aliphatic heterocycles. The van der Waals surface area contributed by atoms with Gasteiger partial charge in [-0.25, -0.2) is 14.4 Å². The van der Waals surface area contributed by atoms with E-state index in [9.17, 15) is 4.39 Å². The molecule has 1 heterocycles. The molecule has 0 radical (unpaired) electrons. The first kappa shape index (κ1) is 13.5. The molecule has 2 aromatic rings. The summed E-state index contributed by atoms with van der Waals surface area (Å²) in [5, 5.41) is 0.502. The Hall–Kier alpha value is 0.0200. The van der Waals surface area contributed by atoms with Crippen LogP contribution in [0.5, 0.6) is 0 Å². The molecule has 0 atom stereocenters. The van der Waals surface area contributed by atoms with E-state index in [1.807, 2.05) is 22.6 Å². The fourth-order valence-corrected chi connectivity index (χ4v) is 2.30. The van der Waals surface area contributed by atoms with Crippen LogP contribution in [0.2, 0.25) is 10.3 Å². The molecule has 0 unspecified atom stereocenters. The minimum absolute atomic E-state index is 0.251. The van der Waals surface area contributed by atoms with Gasteiger partial charge >= 0.3 is 0 Å². The Kier molecular flexibility index (Phi) is 4.22. The highest BCUT2D eigenvalue weighted by molar-refractivity contribution is 14.1. The van der Waals surface area contributed by atoms with E-state index in [1.165, 1.54) is 12.1 Å². The normalized spacial score (nSPS) is 10.6. The maximum Gasteiger partial charge on any atom is 0.162 e. The van der Waals surface area contributed by atoms with E-state index in [1.54, 1.807) is 6.07 Å². The number of aromatic nitrogens is 2. The van der Waals surface area contributed by atoms with Crippen LogP contribution in [0, 0.1) is 9.39 Å². The standard InChI is InChI=1S/C10H3BrCl2FIN2/c11-5-1-4(2-6(14)3-5)10-16-8(12)7(15)9(13)17-10/h1-3H. The Morgan fingerprint density at radius 2 is 1.71 bits per heavy atom. The van der Waals surface area contributed by atoms with Crippen molar-refractivity contribution in [3.05, 3.63) is 42.4 Å². The molecule has 88 valence electrons. The third-order valence-electron chi connectivity index (χ3n) is 1.89. The summed E-state index contributed by atoms with van der Waals surface area (Å²) in [7, 11) is 0. The van der Waals surface area contributed by atoms with Crippen molar-refractivity contribution in [2.24, 2.45) is 0 Å². The van der Waals surface area contributed by atoms with Crippen molar-refractivity contribution >= 4 is 61.7 Å². The van der Waals surface area contributed by atoms with Crippen LogP contribution in [-0.4, -0.2) is 9.97 Å². The molecule has 2 rings (SSSR count). The van der Waals surface area contributed by atoms with E-state index in [0.717, 1.165) is 0 Å². The summed E-state index contributed by atoms with van der Waals surface area (Å²) in [5.41, 5.74) is 0.511. The zero-order valence-corrected chi connectivity index (χ0v) is 13.3. The third kappa shape index (κ3) is 3.07. The van der Waals surface area contributed by atoms with Gasteiger partial charge in [-0.3, -0.25) is 0 Å². The summed E-state index contributed by atoms with van der Waals surface area (Å²) < 4.78 is 14.4. The lowest BCUT2D eigenvalue weighted by atomic mass is 10.2. The van der Waals surface area contributed by atoms with Crippen LogP contribution < -0.4 is 0 Å². The first-order valence-corrected chi connectivity index (χ1v) is 6.95. The zero-order valence-electron chi connectivity index (χ0n) is 8.02. The lowest BCUT2D eigenvalue weighted by Crippen LogP contribution is -1.94. The lowest BCUT2D eigenvalue weighted by molar-refractivity contribution is 0.627. The molecule has 0 aliphatic carbocycles. The molecule has 0 aliphatic rings. The molecule has 0 bridgehead atoms. The number of halogens is 5. The Bertz CT molecular complexity index is 551. The Labute approximate surface area is 129 Å². The van der Waals surface area contributed by atoms with Gasteiger partial charge in [-0.2, -0.15) is 0 Å². The second-order valence-corrected chi connectivity index (χ2v) is 5.81. The molecule has 2 nitrogen and oxygen atoms in total. The van der Waals surface area contributed by atoms with Gasteiger partial charge in [0, 0.05) is 10.0 Å². The molecule has 0 fully saturated rings. The minimum Gasteiger partial charge on any atom is -0.215 e. The van der Waals surface area contributed by atoms with Gasteiger partial charge in [0.05, 0.1) is 3.57 Å². The Balaban J connectivity index is 2.60. The quantitative estimate of drug-likeness (QED) is 0.456. The fraction of sp³-hybridized carbons (Fsp3) is 0. The van der Waals surface area contributed by atoms with Crippen LogP contribution in [0.3, 0.4) is 0 Å². The van der Waals surface area contributed by atoms with Crippen molar-refractivity contribution in [3.8, 4) is 11.4 Å². The second kappa shape index (κ2) is 5.34. The predicted octanol–water partition coefficient (Wildman–Crippen LogP) is 4.96. The van der Waals surface area contributed by atoms with E-state index < -0.39 is 0 Å². The minimum atomic E-state index is -0.385. The van der Waals surface area contributed by atoms with E-state index in [2.05, 4.69) is 25.9 Å². The lowest BCUT2D eigenvalue weighted by Gasteiger charge is -2.04. The highest BCUT2D eigenvalue weighted by Crippen LogP contribution is 2.28. The highest BCUT2D eigenvalue weighted by Gasteiger charge is 2.11. The zero-order chi connectivity index (χ0) is 12.6. The van der Waals surface area contributed by atoms with Gasteiger partial charge in [-0.05, 0) is 40.8 Å². The number of nitrogens with zero attached hydrogens (tertiary/aromatic N) is 2. The number of rotatable bonds is 1. The van der Waals surface area contributed by atoms with E-state index in [-0.39, 0.29) is 16.1 Å². The summed E-state index contributed by atoms with van der Waals surface area (Å²) >= 11 is 16.9. The molecule has 0 saturated heterocycles. The van der Waals surface area contributed by atoms with Crippen molar-refractivity contribution in [3.63, 3.8) is 0 Å².